The quantitative estimate of drug-likeness (QED) is 0.786. The molecule has 1 atom stereocenters. The van der Waals surface area contributed by atoms with E-state index in [1.54, 1.807) is 0 Å². The van der Waals surface area contributed by atoms with Crippen molar-refractivity contribution in [3.63, 3.8) is 0 Å². The molecule has 1 unspecified atom stereocenters. The Morgan fingerprint density at radius 3 is 2.80 bits per heavy atom. The number of hydrogen-bond donors (Lipinski definition) is 1. The van der Waals surface area contributed by atoms with Crippen LogP contribution < -0.4 is 5.32 Å². The van der Waals surface area contributed by atoms with E-state index in [-0.39, 0.29) is 17.8 Å². The molecule has 1 amide bonds. The Kier molecular flexibility index (Phi) is 4.27. The standard InChI is InChI=1S/C8H13F3N2OS/c1-6-4-13(3-2-12-6)7(14)5-15-8(9,10)11/h6,12H,2-5H2,1H3. The number of nitrogens with zero attached hydrogens (tertiary/aromatic N) is 1. The first-order valence-electron chi connectivity index (χ1n) is 4.60. The van der Waals surface area contributed by atoms with Gasteiger partial charge in [-0.3, -0.25) is 4.79 Å². The lowest BCUT2D eigenvalue weighted by Crippen LogP contribution is -2.51. The van der Waals surface area contributed by atoms with Crippen molar-refractivity contribution in [1.29, 1.82) is 0 Å². The molecular formula is C8H13F3N2OS. The third-order valence-electron chi connectivity index (χ3n) is 2.08. The van der Waals surface area contributed by atoms with Gasteiger partial charge in [-0.2, -0.15) is 13.2 Å². The van der Waals surface area contributed by atoms with Crippen LogP contribution in [0.25, 0.3) is 0 Å². The molecule has 3 nitrogen and oxygen atoms in total. The highest BCUT2D eigenvalue weighted by Gasteiger charge is 2.31. The van der Waals surface area contributed by atoms with Gasteiger partial charge in [-0.15, -0.1) is 0 Å². The number of carbonyl (C=O) groups is 1. The fraction of sp³-hybridized carbons (Fsp3) is 0.875. The fourth-order valence-electron chi connectivity index (χ4n) is 1.39. The molecule has 0 spiro atoms. The van der Waals surface area contributed by atoms with Gasteiger partial charge < -0.3 is 10.2 Å². The first-order valence-corrected chi connectivity index (χ1v) is 5.59. The minimum absolute atomic E-state index is 0.151. The van der Waals surface area contributed by atoms with Crippen LogP contribution in [0.1, 0.15) is 6.92 Å². The molecule has 1 saturated heterocycles. The Labute approximate surface area is 90.4 Å². The second-order valence-electron chi connectivity index (χ2n) is 3.43. The maximum absolute atomic E-state index is 11.8. The Balaban J connectivity index is 2.33. The van der Waals surface area contributed by atoms with Crippen LogP contribution in [0.5, 0.6) is 0 Å². The second kappa shape index (κ2) is 5.07. The van der Waals surface area contributed by atoms with E-state index in [9.17, 15) is 18.0 Å². The van der Waals surface area contributed by atoms with Crippen molar-refractivity contribution in [1.82, 2.24) is 10.2 Å². The second-order valence-corrected chi connectivity index (χ2v) is 4.47. The summed E-state index contributed by atoms with van der Waals surface area (Å²) < 4.78 is 35.5. The highest BCUT2D eigenvalue weighted by atomic mass is 32.2. The molecule has 88 valence electrons. The van der Waals surface area contributed by atoms with E-state index in [1.165, 1.54) is 4.90 Å². The summed E-state index contributed by atoms with van der Waals surface area (Å²) in [6.45, 7) is 3.51. The molecule has 1 aliphatic heterocycles. The average Bonchev–Trinajstić information content (AvgIpc) is 2.13. The zero-order valence-electron chi connectivity index (χ0n) is 8.30. The van der Waals surface area contributed by atoms with E-state index in [4.69, 9.17) is 0 Å². The molecule has 0 radical (unpaired) electrons. The van der Waals surface area contributed by atoms with Gasteiger partial charge in [0.15, 0.2) is 0 Å². The number of piperazine rings is 1. The third-order valence-corrected chi connectivity index (χ3v) is 2.80. The average molecular weight is 242 g/mol. The molecular weight excluding hydrogens is 229 g/mol. The first-order chi connectivity index (χ1) is 6.88. The zero-order valence-corrected chi connectivity index (χ0v) is 9.12. The number of thioether (sulfide) groups is 1. The van der Waals surface area contributed by atoms with Crippen LogP contribution in [0.3, 0.4) is 0 Å². The normalized spacial score (nSPS) is 22.9. The van der Waals surface area contributed by atoms with Crippen LogP contribution in [-0.4, -0.2) is 47.7 Å². The largest absolute Gasteiger partial charge is 0.442 e. The molecule has 0 bridgehead atoms. The van der Waals surface area contributed by atoms with Crippen LogP contribution in [0, 0.1) is 0 Å². The predicted molar refractivity (Wildman–Crippen MR) is 52.6 cm³/mol. The van der Waals surface area contributed by atoms with E-state index in [2.05, 4.69) is 5.32 Å². The molecule has 0 aromatic heterocycles. The van der Waals surface area contributed by atoms with Crippen LogP contribution in [0.2, 0.25) is 0 Å². The number of halogens is 3. The molecule has 1 aliphatic rings. The van der Waals surface area contributed by atoms with Crippen molar-refractivity contribution >= 4 is 17.7 Å². The molecule has 7 heteroatoms. The first kappa shape index (κ1) is 12.6. The lowest BCUT2D eigenvalue weighted by atomic mass is 10.2. The molecule has 1 rings (SSSR count). The van der Waals surface area contributed by atoms with Crippen LogP contribution in [-0.2, 0) is 4.79 Å². The maximum atomic E-state index is 11.8. The monoisotopic (exact) mass is 242 g/mol. The van der Waals surface area contributed by atoms with Crippen molar-refractivity contribution in [2.24, 2.45) is 0 Å². The summed E-state index contributed by atoms with van der Waals surface area (Å²) in [5.41, 5.74) is -4.32. The Morgan fingerprint density at radius 1 is 1.60 bits per heavy atom. The topological polar surface area (TPSA) is 32.3 Å². The van der Waals surface area contributed by atoms with Gasteiger partial charge in [-0.05, 0) is 18.7 Å². The smallest absolute Gasteiger partial charge is 0.339 e. The highest BCUT2D eigenvalue weighted by molar-refractivity contribution is 8.00. The summed E-state index contributed by atoms with van der Waals surface area (Å²) in [6, 6.07) is 0.151. The molecule has 0 aliphatic carbocycles. The zero-order chi connectivity index (χ0) is 11.5. The third kappa shape index (κ3) is 4.74. The summed E-state index contributed by atoms with van der Waals surface area (Å²) in [6.07, 6.45) is 0. The van der Waals surface area contributed by atoms with E-state index in [0.717, 1.165) is 0 Å². The van der Waals surface area contributed by atoms with E-state index in [0.29, 0.717) is 19.6 Å². The van der Waals surface area contributed by atoms with Gasteiger partial charge in [0, 0.05) is 25.7 Å². The minimum atomic E-state index is -4.32. The SMILES string of the molecule is CC1CN(C(=O)CSC(F)(F)F)CCN1. The van der Waals surface area contributed by atoms with Crippen molar-refractivity contribution in [2.75, 3.05) is 25.4 Å². The van der Waals surface area contributed by atoms with Crippen molar-refractivity contribution in [3.8, 4) is 0 Å². The van der Waals surface area contributed by atoms with Crippen molar-refractivity contribution < 1.29 is 18.0 Å². The number of nitrogens with one attached hydrogen (secondary N) is 1. The molecule has 15 heavy (non-hydrogen) atoms. The Hall–Kier alpha value is -0.430. The van der Waals surface area contributed by atoms with Gasteiger partial charge in [0.05, 0.1) is 5.75 Å². The Morgan fingerprint density at radius 2 is 2.27 bits per heavy atom. The van der Waals surface area contributed by atoms with Gasteiger partial charge in [0.1, 0.15) is 0 Å². The van der Waals surface area contributed by atoms with Crippen molar-refractivity contribution in [2.45, 2.75) is 18.5 Å². The molecule has 0 saturated carbocycles. The minimum Gasteiger partial charge on any atom is -0.339 e. The van der Waals surface area contributed by atoms with Crippen LogP contribution >= 0.6 is 11.8 Å². The van der Waals surface area contributed by atoms with Gasteiger partial charge in [0.2, 0.25) is 5.91 Å². The number of carbonyl (C=O) groups excluding carboxylic acids is 1. The van der Waals surface area contributed by atoms with Gasteiger partial charge >= 0.3 is 5.51 Å². The molecule has 1 N–H and O–H groups in total. The summed E-state index contributed by atoms with van der Waals surface area (Å²) in [4.78, 5) is 12.8. The van der Waals surface area contributed by atoms with Gasteiger partial charge in [0.25, 0.3) is 0 Å². The fourth-order valence-corrected chi connectivity index (χ4v) is 1.86. The summed E-state index contributed by atoms with van der Waals surface area (Å²) in [7, 11) is 0. The highest BCUT2D eigenvalue weighted by Crippen LogP contribution is 2.30. The number of alkyl halides is 3. The molecule has 0 aromatic carbocycles. The predicted octanol–water partition coefficient (Wildman–Crippen LogP) is 1.06. The lowest BCUT2D eigenvalue weighted by Gasteiger charge is -2.31. The van der Waals surface area contributed by atoms with Crippen molar-refractivity contribution in [3.05, 3.63) is 0 Å². The Bertz CT molecular complexity index is 234. The maximum Gasteiger partial charge on any atom is 0.442 e. The van der Waals surface area contributed by atoms with Crippen LogP contribution in [0.15, 0.2) is 0 Å². The van der Waals surface area contributed by atoms with E-state index >= 15 is 0 Å². The van der Waals surface area contributed by atoms with Gasteiger partial charge in [-0.25, -0.2) is 0 Å². The summed E-state index contributed by atoms with van der Waals surface area (Å²) in [5, 5.41) is 3.12. The number of amides is 1. The summed E-state index contributed by atoms with van der Waals surface area (Å²) >= 11 is -0.275. The van der Waals surface area contributed by atoms with Gasteiger partial charge in [-0.1, -0.05) is 0 Å². The van der Waals surface area contributed by atoms with E-state index < -0.39 is 17.2 Å². The number of hydrogen-bond acceptors (Lipinski definition) is 3. The summed E-state index contributed by atoms with van der Waals surface area (Å²) in [5.74, 6) is -0.957. The lowest BCUT2D eigenvalue weighted by molar-refractivity contribution is -0.129. The molecule has 1 fully saturated rings. The number of rotatable bonds is 2. The van der Waals surface area contributed by atoms with Crippen LogP contribution in [0.4, 0.5) is 13.2 Å². The van der Waals surface area contributed by atoms with E-state index in [1.807, 2.05) is 6.92 Å². The molecule has 0 aromatic rings. The molecule has 1 heterocycles.